The molecule has 3 aromatic rings. The van der Waals surface area contributed by atoms with Crippen LogP contribution in [0.1, 0.15) is 11.3 Å². The summed E-state index contributed by atoms with van der Waals surface area (Å²) < 4.78 is 0. The number of fused-ring (bicyclic) bond motifs is 1. The summed E-state index contributed by atoms with van der Waals surface area (Å²) >= 11 is 9.12. The maximum atomic E-state index is 12.0. The molecule has 3 rings (SSSR count). The molecule has 118 valence electrons. The molecule has 3 heterocycles. The summed E-state index contributed by atoms with van der Waals surface area (Å²) in [5, 5.41) is 5.01. The van der Waals surface area contributed by atoms with Crippen LogP contribution in [-0.4, -0.2) is 26.6 Å². The van der Waals surface area contributed by atoms with Crippen molar-refractivity contribution in [2.24, 2.45) is 0 Å². The van der Waals surface area contributed by atoms with Crippen LogP contribution in [0.5, 0.6) is 0 Å². The Morgan fingerprint density at radius 2 is 2.26 bits per heavy atom. The summed E-state index contributed by atoms with van der Waals surface area (Å²) in [4.78, 5) is 26.7. The Bertz CT molecular complexity index is 852. The van der Waals surface area contributed by atoms with E-state index in [1.807, 2.05) is 6.92 Å². The van der Waals surface area contributed by atoms with Crippen molar-refractivity contribution in [3.8, 4) is 0 Å². The van der Waals surface area contributed by atoms with E-state index >= 15 is 0 Å². The van der Waals surface area contributed by atoms with Crippen LogP contribution in [0.3, 0.4) is 0 Å². The molecule has 0 aliphatic heterocycles. The number of halogens is 1. The van der Waals surface area contributed by atoms with Crippen LogP contribution >= 0.6 is 34.7 Å². The number of aromatic nitrogens is 3. The van der Waals surface area contributed by atoms with Gasteiger partial charge in [-0.2, -0.15) is 0 Å². The second-order valence-electron chi connectivity index (χ2n) is 4.74. The minimum Gasteiger partial charge on any atom is -0.323 e. The molecule has 1 amide bonds. The first-order valence-corrected chi connectivity index (χ1v) is 9.06. The number of carbonyl (C=O) groups is 1. The van der Waals surface area contributed by atoms with E-state index < -0.39 is 0 Å². The van der Waals surface area contributed by atoms with Gasteiger partial charge in [0.25, 0.3) is 0 Å². The van der Waals surface area contributed by atoms with Gasteiger partial charge in [0.2, 0.25) is 5.91 Å². The van der Waals surface area contributed by atoms with Crippen molar-refractivity contribution in [2.45, 2.75) is 18.4 Å². The molecule has 0 saturated heterocycles. The topological polar surface area (TPSA) is 67.8 Å². The molecule has 0 aliphatic rings. The average Bonchev–Trinajstić information content (AvgIpc) is 2.91. The van der Waals surface area contributed by atoms with Gasteiger partial charge in [0.05, 0.1) is 5.69 Å². The fourth-order valence-corrected chi connectivity index (χ4v) is 3.99. The second kappa shape index (κ2) is 7.25. The minimum absolute atomic E-state index is 0.0980. The van der Waals surface area contributed by atoms with Gasteiger partial charge in [0.1, 0.15) is 16.2 Å². The van der Waals surface area contributed by atoms with Crippen LogP contribution in [0.2, 0.25) is 5.15 Å². The quantitative estimate of drug-likeness (QED) is 0.418. The number of carbonyl (C=O) groups excluding carboxylic acids is 1. The summed E-state index contributed by atoms with van der Waals surface area (Å²) in [6.07, 6.45) is 3.51. The van der Waals surface area contributed by atoms with Crippen molar-refractivity contribution in [1.29, 1.82) is 0 Å². The Hall–Kier alpha value is -1.70. The fraction of sp³-hybridized carbons (Fsp3) is 0.200. The number of nitrogens with zero attached hydrogens (tertiary/aromatic N) is 3. The fourth-order valence-electron chi connectivity index (χ4n) is 2.00. The van der Waals surface area contributed by atoms with E-state index in [4.69, 9.17) is 11.6 Å². The number of hydrogen-bond acceptors (Lipinski definition) is 6. The van der Waals surface area contributed by atoms with E-state index in [1.165, 1.54) is 4.88 Å². The van der Waals surface area contributed by atoms with Gasteiger partial charge < -0.3 is 5.32 Å². The predicted molar refractivity (Wildman–Crippen MR) is 95.4 cm³/mol. The predicted octanol–water partition coefficient (Wildman–Crippen LogP) is 4.17. The monoisotopic (exact) mass is 364 g/mol. The minimum atomic E-state index is -0.0980. The number of pyridine rings is 1. The molecule has 3 aromatic heterocycles. The largest absolute Gasteiger partial charge is 0.323 e. The molecule has 0 saturated carbocycles. The number of nitrogens with one attached hydrogen (secondary N) is 1. The van der Waals surface area contributed by atoms with Gasteiger partial charge in [-0.15, -0.1) is 23.1 Å². The maximum absolute atomic E-state index is 12.0. The highest BCUT2D eigenvalue weighted by molar-refractivity contribution is 7.99. The van der Waals surface area contributed by atoms with E-state index in [0.29, 0.717) is 23.0 Å². The zero-order chi connectivity index (χ0) is 16.2. The van der Waals surface area contributed by atoms with Gasteiger partial charge in [0, 0.05) is 28.6 Å². The molecule has 1 N–H and O–H groups in total. The van der Waals surface area contributed by atoms with Crippen LogP contribution in [-0.2, 0) is 4.79 Å². The van der Waals surface area contributed by atoms with Gasteiger partial charge in [-0.3, -0.25) is 4.79 Å². The third-order valence-corrected chi connectivity index (χ3v) is 5.28. The van der Waals surface area contributed by atoms with E-state index in [-0.39, 0.29) is 5.91 Å². The molecule has 0 radical (unpaired) electrons. The zero-order valence-electron chi connectivity index (χ0n) is 12.2. The Morgan fingerprint density at radius 3 is 3.09 bits per heavy atom. The maximum Gasteiger partial charge on any atom is 0.225 e. The van der Waals surface area contributed by atoms with E-state index in [0.717, 1.165) is 15.2 Å². The summed E-state index contributed by atoms with van der Waals surface area (Å²) in [5.74, 6) is 0.532. The van der Waals surface area contributed by atoms with Gasteiger partial charge in [-0.1, -0.05) is 11.6 Å². The molecule has 0 aliphatic carbocycles. The van der Waals surface area contributed by atoms with Crippen molar-refractivity contribution in [3.63, 3.8) is 0 Å². The van der Waals surface area contributed by atoms with Gasteiger partial charge in [0.15, 0.2) is 5.15 Å². The van der Waals surface area contributed by atoms with Crippen LogP contribution in [0, 0.1) is 6.92 Å². The first-order chi connectivity index (χ1) is 11.1. The zero-order valence-corrected chi connectivity index (χ0v) is 14.6. The standard InChI is InChI=1S/C15H13ClN4OS2/c1-9-7-10-14(18-8-19-15(10)23-9)22-6-4-12(21)20-11-3-2-5-17-13(11)16/h2-3,5,7-8H,4,6H2,1H3,(H,20,21). The normalized spacial score (nSPS) is 10.9. The van der Waals surface area contributed by atoms with E-state index in [2.05, 4.69) is 26.3 Å². The number of anilines is 1. The lowest BCUT2D eigenvalue weighted by Crippen LogP contribution is -2.12. The van der Waals surface area contributed by atoms with Crippen molar-refractivity contribution in [3.05, 3.63) is 40.8 Å². The Labute approximate surface area is 146 Å². The highest BCUT2D eigenvalue weighted by atomic mass is 35.5. The van der Waals surface area contributed by atoms with Crippen LogP contribution in [0.25, 0.3) is 10.2 Å². The molecule has 0 spiro atoms. The molecule has 0 unspecified atom stereocenters. The van der Waals surface area contributed by atoms with E-state index in [9.17, 15) is 4.79 Å². The number of thioether (sulfide) groups is 1. The number of aryl methyl sites for hydroxylation is 1. The molecule has 5 nitrogen and oxygen atoms in total. The van der Waals surface area contributed by atoms with Crippen LogP contribution in [0.15, 0.2) is 35.7 Å². The van der Waals surface area contributed by atoms with E-state index in [1.54, 1.807) is 47.8 Å². The first-order valence-electron chi connectivity index (χ1n) is 6.88. The lowest BCUT2D eigenvalue weighted by molar-refractivity contribution is -0.115. The number of thiophene rings is 1. The summed E-state index contributed by atoms with van der Waals surface area (Å²) in [6.45, 7) is 2.05. The molecule has 0 fully saturated rings. The smallest absolute Gasteiger partial charge is 0.225 e. The molecule has 8 heteroatoms. The van der Waals surface area contributed by atoms with Gasteiger partial charge in [-0.25, -0.2) is 15.0 Å². The Kier molecular flexibility index (Phi) is 5.09. The molecular formula is C15H13ClN4OS2. The molecular weight excluding hydrogens is 352 g/mol. The molecule has 0 atom stereocenters. The van der Waals surface area contributed by atoms with Crippen LogP contribution in [0.4, 0.5) is 5.69 Å². The van der Waals surface area contributed by atoms with Crippen molar-refractivity contribution < 1.29 is 4.79 Å². The lowest BCUT2D eigenvalue weighted by Gasteiger charge is -2.06. The summed E-state index contributed by atoms with van der Waals surface area (Å²) in [7, 11) is 0. The number of hydrogen-bond donors (Lipinski definition) is 1. The van der Waals surface area contributed by atoms with Crippen molar-refractivity contribution >= 4 is 56.5 Å². The highest BCUT2D eigenvalue weighted by Gasteiger charge is 2.10. The second-order valence-corrected chi connectivity index (χ2v) is 7.42. The SMILES string of the molecule is Cc1cc2c(SCCC(=O)Nc3cccnc3Cl)ncnc2s1. The van der Waals surface area contributed by atoms with Gasteiger partial charge in [-0.05, 0) is 25.1 Å². The average molecular weight is 365 g/mol. The Balaban J connectivity index is 1.58. The summed E-state index contributed by atoms with van der Waals surface area (Å²) in [6, 6.07) is 5.53. The highest BCUT2D eigenvalue weighted by Crippen LogP contribution is 2.30. The van der Waals surface area contributed by atoms with Crippen LogP contribution < -0.4 is 5.32 Å². The summed E-state index contributed by atoms with van der Waals surface area (Å²) in [5.41, 5.74) is 0.530. The third kappa shape index (κ3) is 3.99. The molecule has 0 bridgehead atoms. The lowest BCUT2D eigenvalue weighted by atomic mass is 10.4. The van der Waals surface area contributed by atoms with Gasteiger partial charge >= 0.3 is 0 Å². The van der Waals surface area contributed by atoms with Crippen molar-refractivity contribution in [1.82, 2.24) is 15.0 Å². The molecule has 0 aromatic carbocycles. The first kappa shape index (κ1) is 16.2. The third-order valence-electron chi connectivity index (χ3n) is 3.02. The Morgan fingerprint density at radius 1 is 1.39 bits per heavy atom. The van der Waals surface area contributed by atoms with Crippen molar-refractivity contribution in [2.75, 3.05) is 11.1 Å². The number of rotatable bonds is 5. The molecule has 23 heavy (non-hydrogen) atoms. The number of amides is 1.